The summed E-state index contributed by atoms with van der Waals surface area (Å²) < 4.78 is 13.6. The Labute approximate surface area is 163 Å². The molecule has 0 saturated heterocycles. The molecule has 0 bridgehead atoms. The molecule has 6 heteroatoms. The summed E-state index contributed by atoms with van der Waals surface area (Å²) in [5.74, 6) is -0.615. The molecule has 28 heavy (non-hydrogen) atoms. The summed E-state index contributed by atoms with van der Waals surface area (Å²) >= 11 is 0. The van der Waals surface area contributed by atoms with Crippen LogP contribution in [0.1, 0.15) is 18.9 Å². The predicted molar refractivity (Wildman–Crippen MR) is 108 cm³/mol. The van der Waals surface area contributed by atoms with Crippen molar-refractivity contribution >= 4 is 28.4 Å². The number of hydrogen-bond donors (Lipinski definition) is 1. The molecule has 2 aromatic carbocycles. The number of anilines is 1. The van der Waals surface area contributed by atoms with Crippen molar-refractivity contribution in [2.24, 2.45) is 0 Å². The summed E-state index contributed by atoms with van der Waals surface area (Å²) in [6.45, 7) is 2.06. The minimum Gasteiger partial charge on any atom is -0.356 e. The number of carbonyl (C=O) groups is 2. The Morgan fingerprint density at radius 1 is 1.07 bits per heavy atom. The molecule has 144 valence electrons. The number of nitrogens with one attached hydrogen (secondary N) is 1. The number of pyridine rings is 1. The molecule has 2 amide bonds. The number of benzene rings is 2. The molecule has 3 rings (SSSR count). The smallest absolute Gasteiger partial charge is 0.223 e. The molecule has 1 aromatic heterocycles. The van der Waals surface area contributed by atoms with Gasteiger partial charge in [-0.1, -0.05) is 36.4 Å². The summed E-state index contributed by atoms with van der Waals surface area (Å²) in [5.41, 5.74) is 1.97. The molecule has 0 fully saturated rings. The van der Waals surface area contributed by atoms with Gasteiger partial charge in [-0.3, -0.25) is 14.6 Å². The Kier molecular flexibility index (Phi) is 6.32. The van der Waals surface area contributed by atoms with Crippen LogP contribution in [0.3, 0.4) is 0 Å². The van der Waals surface area contributed by atoms with Crippen LogP contribution in [0.15, 0.2) is 60.8 Å². The highest BCUT2D eigenvalue weighted by molar-refractivity contribution is 6.01. The fourth-order valence-electron chi connectivity index (χ4n) is 3.09. The van der Waals surface area contributed by atoms with Crippen LogP contribution in [0.5, 0.6) is 0 Å². The second-order valence-electron chi connectivity index (χ2n) is 6.46. The average Bonchev–Trinajstić information content (AvgIpc) is 2.69. The van der Waals surface area contributed by atoms with E-state index in [2.05, 4.69) is 10.3 Å². The van der Waals surface area contributed by atoms with E-state index < -0.39 is 0 Å². The number of aromatic nitrogens is 1. The van der Waals surface area contributed by atoms with Gasteiger partial charge in [0.15, 0.2) is 0 Å². The van der Waals surface area contributed by atoms with Gasteiger partial charge in [-0.05, 0) is 30.2 Å². The van der Waals surface area contributed by atoms with Gasteiger partial charge in [0.05, 0.1) is 11.2 Å². The van der Waals surface area contributed by atoms with Crippen molar-refractivity contribution in [1.29, 1.82) is 0 Å². The second-order valence-corrected chi connectivity index (χ2v) is 6.46. The van der Waals surface area contributed by atoms with E-state index in [1.807, 2.05) is 30.3 Å². The van der Waals surface area contributed by atoms with Gasteiger partial charge in [-0.15, -0.1) is 0 Å². The Hall–Kier alpha value is -3.28. The quantitative estimate of drug-likeness (QED) is 0.684. The number of carbonyl (C=O) groups excluding carboxylic acids is 2. The van der Waals surface area contributed by atoms with Crippen LogP contribution < -0.4 is 10.2 Å². The van der Waals surface area contributed by atoms with E-state index in [9.17, 15) is 14.0 Å². The van der Waals surface area contributed by atoms with E-state index in [-0.39, 0.29) is 30.6 Å². The molecule has 0 spiro atoms. The molecule has 0 atom stereocenters. The van der Waals surface area contributed by atoms with E-state index >= 15 is 0 Å². The van der Waals surface area contributed by atoms with E-state index in [1.165, 1.54) is 13.0 Å². The minimum absolute atomic E-state index is 0.153. The number of halogens is 1. The minimum atomic E-state index is -0.275. The zero-order valence-corrected chi connectivity index (χ0v) is 15.7. The van der Waals surface area contributed by atoms with Crippen LogP contribution >= 0.6 is 0 Å². The van der Waals surface area contributed by atoms with Crippen molar-refractivity contribution in [3.8, 4) is 0 Å². The summed E-state index contributed by atoms with van der Waals surface area (Å²) in [5, 5.41) is 3.71. The van der Waals surface area contributed by atoms with Crippen molar-refractivity contribution in [1.82, 2.24) is 10.3 Å². The largest absolute Gasteiger partial charge is 0.356 e. The number of rotatable bonds is 7. The van der Waals surface area contributed by atoms with Gasteiger partial charge in [-0.2, -0.15) is 0 Å². The molecule has 1 N–H and O–H groups in total. The standard InChI is InChI=1S/C22H22FN3O2/c1-16(27)26(20-10-4-7-18-8-5-13-25-22(18)20)15-12-21(28)24-14-11-17-6-2-3-9-19(17)23/h2-10,13H,11-12,14-15H2,1H3,(H,24,28). The third-order valence-corrected chi connectivity index (χ3v) is 4.52. The van der Waals surface area contributed by atoms with Gasteiger partial charge >= 0.3 is 0 Å². The summed E-state index contributed by atoms with van der Waals surface area (Å²) in [6.07, 6.45) is 2.25. The van der Waals surface area contributed by atoms with Crippen LogP contribution in [-0.4, -0.2) is 29.9 Å². The number of nitrogens with zero attached hydrogens (tertiary/aromatic N) is 2. The molecule has 0 saturated carbocycles. The maximum atomic E-state index is 13.6. The Bertz CT molecular complexity index is 985. The molecule has 0 aliphatic carbocycles. The highest BCUT2D eigenvalue weighted by atomic mass is 19.1. The molecule has 0 radical (unpaired) electrons. The lowest BCUT2D eigenvalue weighted by atomic mass is 10.1. The Balaban J connectivity index is 1.60. The van der Waals surface area contributed by atoms with Gasteiger partial charge in [0, 0.05) is 38.0 Å². The molecule has 0 unspecified atom stereocenters. The van der Waals surface area contributed by atoms with Crippen LogP contribution in [0.2, 0.25) is 0 Å². The van der Waals surface area contributed by atoms with Crippen LogP contribution in [0, 0.1) is 5.82 Å². The molecule has 5 nitrogen and oxygen atoms in total. The highest BCUT2D eigenvalue weighted by Crippen LogP contribution is 2.25. The summed E-state index contributed by atoms with van der Waals surface area (Å²) in [7, 11) is 0. The first-order chi connectivity index (χ1) is 13.6. The van der Waals surface area contributed by atoms with Gasteiger partial charge in [-0.25, -0.2) is 4.39 Å². The van der Waals surface area contributed by atoms with E-state index in [0.717, 1.165) is 10.9 Å². The zero-order chi connectivity index (χ0) is 19.9. The lowest BCUT2D eigenvalue weighted by molar-refractivity contribution is -0.121. The fraction of sp³-hybridized carbons (Fsp3) is 0.227. The normalized spacial score (nSPS) is 10.6. The topological polar surface area (TPSA) is 62.3 Å². The lowest BCUT2D eigenvalue weighted by Gasteiger charge is -2.22. The lowest BCUT2D eigenvalue weighted by Crippen LogP contribution is -2.34. The van der Waals surface area contributed by atoms with Crippen molar-refractivity contribution in [3.05, 3.63) is 72.2 Å². The van der Waals surface area contributed by atoms with E-state index in [0.29, 0.717) is 24.2 Å². The second kappa shape index (κ2) is 9.08. The van der Waals surface area contributed by atoms with Crippen molar-refractivity contribution in [3.63, 3.8) is 0 Å². The average molecular weight is 379 g/mol. The first kappa shape index (κ1) is 19.5. The SMILES string of the molecule is CC(=O)N(CCC(=O)NCCc1ccccc1F)c1cccc2cccnc12. The number of fused-ring (bicyclic) bond motifs is 1. The van der Waals surface area contributed by atoms with Crippen molar-refractivity contribution in [2.45, 2.75) is 19.8 Å². The maximum absolute atomic E-state index is 13.6. The molecule has 0 aliphatic rings. The van der Waals surface area contributed by atoms with E-state index in [4.69, 9.17) is 0 Å². The van der Waals surface area contributed by atoms with Crippen molar-refractivity contribution < 1.29 is 14.0 Å². The molecule has 0 aliphatic heterocycles. The molecule has 3 aromatic rings. The predicted octanol–water partition coefficient (Wildman–Crippen LogP) is 3.48. The van der Waals surface area contributed by atoms with Crippen LogP contribution in [0.25, 0.3) is 10.9 Å². The van der Waals surface area contributed by atoms with Gasteiger partial charge in [0.1, 0.15) is 5.82 Å². The van der Waals surface area contributed by atoms with E-state index in [1.54, 1.807) is 29.3 Å². The summed E-state index contributed by atoms with van der Waals surface area (Å²) in [6, 6.07) is 15.9. The Morgan fingerprint density at radius 2 is 1.86 bits per heavy atom. The first-order valence-electron chi connectivity index (χ1n) is 9.18. The molecular weight excluding hydrogens is 357 g/mol. The summed E-state index contributed by atoms with van der Waals surface area (Å²) in [4.78, 5) is 30.3. The van der Waals surface area contributed by atoms with Gasteiger partial charge in [0.2, 0.25) is 11.8 Å². The zero-order valence-electron chi connectivity index (χ0n) is 15.7. The van der Waals surface area contributed by atoms with Crippen LogP contribution in [-0.2, 0) is 16.0 Å². The van der Waals surface area contributed by atoms with Gasteiger partial charge < -0.3 is 10.2 Å². The van der Waals surface area contributed by atoms with Crippen molar-refractivity contribution in [2.75, 3.05) is 18.0 Å². The third kappa shape index (κ3) is 4.71. The highest BCUT2D eigenvalue weighted by Gasteiger charge is 2.16. The van der Waals surface area contributed by atoms with Crippen LogP contribution in [0.4, 0.5) is 10.1 Å². The molecular formula is C22H22FN3O2. The number of amides is 2. The number of para-hydroxylation sites is 1. The Morgan fingerprint density at radius 3 is 2.64 bits per heavy atom. The molecule has 1 heterocycles. The third-order valence-electron chi connectivity index (χ3n) is 4.52. The fourth-order valence-corrected chi connectivity index (χ4v) is 3.09. The van der Waals surface area contributed by atoms with Gasteiger partial charge in [0.25, 0.3) is 0 Å². The monoisotopic (exact) mass is 379 g/mol. The first-order valence-corrected chi connectivity index (χ1v) is 9.18. The maximum Gasteiger partial charge on any atom is 0.223 e. The number of hydrogen-bond acceptors (Lipinski definition) is 3.